The molecular formula is C17H15N3O5. The summed E-state index contributed by atoms with van der Waals surface area (Å²) in [6.07, 6.45) is 2.01. The first kappa shape index (κ1) is 15.3. The van der Waals surface area contributed by atoms with Crippen LogP contribution < -0.4 is 14.8 Å². The second-order valence-electron chi connectivity index (χ2n) is 5.76. The summed E-state index contributed by atoms with van der Waals surface area (Å²) in [7, 11) is 0. The highest BCUT2D eigenvalue weighted by atomic mass is 16.7. The Balaban J connectivity index is 1.51. The maximum atomic E-state index is 12.5. The van der Waals surface area contributed by atoms with E-state index in [2.05, 4.69) is 10.3 Å². The van der Waals surface area contributed by atoms with Crippen LogP contribution in [0, 0.1) is 0 Å². The number of amides is 2. The van der Waals surface area contributed by atoms with Crippen molar-refractivity contribution in [3.63, 3.8) is 0 Å². The summed E-state index contributed by atoms with van der Waals surface area (Å²) >= 11 is 0. The van der Waals surface area contributed by atoms with Gasteiger partial charge in [0.05, 0.1) is 12.1 Å². The number of anilines is 1. The van der Waals surface area contributed by atoms with E-state index in [1.807, 2.05) is 0 Å². The molecule has 0 unspecified atom stereocenters. The van der Waals surface area contributed by atoms with Crippen LogP contribution >= 0.6 is 0 Å². The first-order valence-corrected chi connectivity index (χ1v) is 7.77. The third-order valence-corrected chi connectivity index (χ3v) is 4.25. The van der Waals surface area contributed by atoms with Crippen molar-refractivity contribution >= 4 is 17.7 Å². The number of hydrogen-bond donors (Lipinski definition) is 2. The van der Waals surface area contributed by atoms with Gasteiger partial charge in [0.2, 0.25) is 6.79 Å². The number of aromatic carboxylic acids is 1. The van der Waals surface area contributed by atoms with Crippen molar-refractivity contribution in [3.8, 4) is 11.5 Å². The van der Waals surface area contributed by atoms with Gasteiger partial charge in [-0.05, 0) is 18.2 Å². The average Bonchev–Trinajstić information content (AvgIpc) is 3.08. The standard InChI is InChI=1S/C17H15N3O5/c21-16(22)11-3-5-18-13-4-6-20(8-12(11)13)17(23)19-10-1-2-14-15(7-10)25-9-24-14/h1-3,5,7H,4,6,8-9H2,(H,19,23)(H,21,22). The molecule has 1 aromatic heterocycles. The van der Waals surface area contributed by atoms with Crippen LogP contribution in [0.3, 0.4) is 0 Å². The topological polar surface area (TPSA) is 101 Å². The van der Waals surface area contributed by atoms with E-state index in [1.165, 1.54) is 12.3 Å². The fourth-order valence-corrected chi connectivity index (χ4v) is 2.99. The van der Waals surface area contributed by atoms with Crippen molar-refractivity contribution in [2.45, 2.75) is 13.0 Å². The molecule has 8 nitrogen and oxygen atoms in total. The monoisotopic (exact) mass is 341 g/mol. The summed E-state index contributed by atoms with van der Waals surface area (Å²) in [5.74, 6) is 0.206. The molecule has 25 heavy (non-hydrogen) atoms. The Bertz CT molecular complexity index is 867. The maximum absolute atomic E-state index is 12.5. The number of fused-ring (bicyclic) bond motifs is 2. The predicted molar refractivity (Wildman–Crippen MR) is 86.9 cm³/mol. The van der Waals surface area contributed by atoms with Crippen LogP contribution in [-0.2, 0) is 13.0 Å². The first-order chi connectivity index (χ1) is 12.1. The molecule has 8 heteroatoms. The molecule has 0 saturated heterocycles. The molecule has 2 amide bonds. The average molecular weight is 341 g/mol. The van der Waals surface area contributed by atoms with E-state index in [-0.39, 0.29) is 24.9 Å². The van der Waals surface area contributed by atoms with Gasteiger partial charge < -0.3 is 24.8 Å². The first-order valence-electron chi connectivity index (χ1n) is 7.77. The van der Waals surface area contributed by atoms with Crippen LogP contribution in [0.4, 0.5) is 10.5 Å². The molecule has 0 saturated carbocycles. The Morgan fingerprint density at radius 1 is 1.20 bits per heavy atom. The number of hydrogen-bond acceptors (Lipinski definition) is 5. The summed E-state index contributed by atoms with van der Waals surface area (Å²) in [6, 6.07) is 6.32. The van der Waals surface area contributed by atoms with Gasteiger partial charge in [-0.1, -0.05) is 0 Å². The van der Waals surface area contributed by atoms with Gasteiger partial charge in [-0.15, -0.1) is 0 Å². The Morgan fingerprint density at radius 2 is 2.04 bits per heavy atom. The van der Waals surface area contributed by atoms with E-state index in [1.54, 1.807) is 23.1 Å². The molecule has 0 spiro atoms. The highest BCUT2D eigenvalue weighted by Crippen LogP contribution is 2.34. The molecule has 2 aliphatic rings. The molecule has 0 atom stereocenters. The molecular weight excluding hydrogens is 326 g/mol. The lowest BCUT2D eigenvalue weighted by molar-refractivity contribution is 0.0693. The summed E-state index contributed by atoms with van der Waals surface area (Å²) in [6.45, 7) is 0.848. The molecule has 0 aliphatic carbocycles. The minimum atomic E-state index is -1.02. The normalized spacial score (nSPS) is 14.8. The third-order valence-electron chi connectivity index (χ3n) is 4.25. The molecule has 2 aliphatic heterocycles. The van der Waals surface area contributed by atoms with E-state index in [9.17, 15) is 14.7 Å². The van der Waals surface area contributed by atoms with Crippen LogP contribution in [0.2, 0.25) is 0 Å². The lowest BCUT2D eigenvalue weighted by Crippen LogP contribution is -2.39. The predicted octanol–water partition coefficient (Wildman–Crippen LogP) is 2.10. The fourth-order valence-electron chi connectivity index (χ4n) is 2.99. The summed E-state index contributed by atoms with van der Waals surface area (Å²) in [4.78, 5) is 29.7. The molecule has 4 rings (SSSR count). The van der Waals surface area contributed by atoms with Gasteiger partial charge in [0.15, 0.2) is 11.5 Å². The van der Waals surface area contributed by atoms with Crippen LogP contribution in [0.1, 0.15) is 21.6 Å². The number of benzene rings is 1. The molecule has 0 radical (unpaired) electrons. The van der Waals surface area contributed by atoms with Crippen molar-refractivity contribution in [1.82, 2.24) is 9.88 Å². The van der Waals surface area contributed by atoms with Gasteiger partial charge in [-0.2, -0.15) is 0 Å². The second kappa shape index (κ2) is 5.97. The van der Waals surface area contributed by atoms with Gasteiger partial charge in [0.1, 0.15) is 0 Å². The highest BCUT2D eigenvalue weighted by molar-refractivity contribution is 5.92. The molecule has 2 aromatic rings. The van der Waals surface area contributed by atoms with Crippen LogP contribution in [0.15, 0.2) is 30.5 Å². The van der Waals surface area contributed by atoms with Crippen LogP contribution in [-0.4, -0.2) is 40.3 Å². The van der Waals surface area contributed by atoms with Crippen molar-refractivity contribution in [3.05, 3.63) is 47.3 Å². The van der Waals surface area contributed by atoms with Gasteiger partial charge in [0, 0.05) is 42.2 Å². The number of carbonyl (C=O) groups is 2. The fraction of sp³-hybridized carbons (Fsp3) is 0.235. The lowest BCUT2D eigenvalue weighted by atomic mass is 10.0. The van der Waals surface area contributed by atoms with Crippen LogP contribution in [0.25, 0.3) is 0 Å². The Morgan fingerprint density at radius 3 is 2.88 bits per heavy atom. The summed E-state index contributed by atoms with van der Waals surface area (Å²) < 4.78 is 10.5. The van der Waals surface area contributed by atoms with E-state index in [0.717, 1.165) is 5.69 Å². The highest BCUT2D eigenvalue weighted by Gasteiger charge is 2.26. The van der Waals surface area contributed by atoms with Crippen molar-refractivity contribution in [2.75, 3.05) is 18.7 Å². The number of ether oxygens (including phenoxy) is 2. The van der Waals surface area contributed by atoms with Crippen LogP contribution in [0.5, 0.6) is 11.5 Å². The zero-order valence-corrected chi connectivity index (χ0v) is 13.2. The zero-order chi connectivity index (χ0) is 17.4. The molecule has 2 N–H and O–H groups in total. The molecule has 3 heterocycles. The second-order valence-corrected chi connectivity index (χ2v) is 5.76. The largest absolute Gasteiger partial charge is 0.478 e. The minimum absolute atomic E-state index is 0.167. The van der Waals surface area contributed by atoms with Gasteiger partial charge in [-0.3, -0.25) is 4.98 Å². The van der Waals surface area contributed by atoms with Crippen molar-refractivity contribution in [2.24, 2.45) is 0 Å². The van der Waals surface area contributed by atoms with Gasteiger partial charge in [0.25, 0.3) is 0 Å². The number of nitrogens with zero attached hydrogens (tertiary/aromatic N) is 2. The Labute approximate surface area is 143 Å². The number of carbonyl (C=O) groups excluding carboxylic acids is 1. The zero-order valence-electron chi connectivity index (χ0n) is 13.2. The summed E-state index contributed by atoms with van der Waals surface area (Å²) in [5.41, 5.74) is 2.09. The number of pyridine rings is 1. The van der Waals surface area contributed by atoms with E-state index >= 15 is 0 Å². The summed E-state index contributed by atoms with van der Waals surface area (Å²) in [5, 5.41) is 12.1. The van der Waals surface area contributed by atoms with E-state index in [0.29, 0.717) is 35.7 Å². The Hall–Kier alpha value is -3.29. The van der Waals surface area contributed by atoms with Crippen molar-refractivity contribution in [1.29, 1.82) is 0 Å². The SMILES string of the molecule is O=C(O)c1ccnc2c1CN(C(=O)Nc1ccc3c(c1)OCO3)CC2. The number of carboxylic acids is 1. The van der Waals surface area contributed by atoms with Gasteiger partial charge in [-0.25, -0.2) is 9.59 Å². The lowest BCUT2D eigenvalue weighted by Gasteiger charge is -2.29. The smallest absolute Gasteiger partial charge is 0.336 e. The maximum Gasteiger partial charge on any atom is 0.336 e. The minimum Gasteiger partial charge on any atom is -0.478 e. The molecule has 0 bridgehead atoms. The number of carboxylic acid groups (broad SMARTS) is 1. The third kappa shape index (κ3) is 2.82. The molecule has 0 fully saturated rings. The number of urea groups is 1. The molecule has 128 valence electrons. The number of nitrogens with one attached hydrogen (secondary N) is 1. The van der Waals surface area contributed by atoms with Gasteiger partial charge >= 0.3 is 12.0 Å². The van der Waals surface area contributed by atoms with E-state index < -0.39 is 5.97 Å². The quantitative estimate of drug-likeness (QED) is 0.867. The number of rotatable bonds is 2. The number of aromatic nitrogens is 1. The Kier molecular flexibility index (Phi) is 3.64. The van der Waals surface area contributed by atoms with E-state index in [4.69, 9.17) is 9.47 Å². The van der Waals surface area contributed by atoms with Crippen molar-refractivity contribution < 1.29 is 24.2 Å². The molecule has 1 aromatic carbocycles.